The number of hydrogen-bond donors (Lipinski definition) is 1. The lowest BCUT2D eigenvalue weighted by Crippen LogP contribution is -2.40. The molecule has 0 bridgehead atoms. The fourth-order valence-electron chi connectivity index (χ4n) is 3.90. The van der Waals surface area contributed by atoms with Gasteiger partial charge in [0.15, 0.2) is 0 Å². The molecule has 1 aliphatic heterocycles. The molecule has 2 nitrogen and oxygen atoms in total. The predicted octanol–water partition coefficient (Wildman–Crippen LogP) is 6.19. The molecule has 0 radical (unpaired) electrons. The average Bonchev–Trinajstić information content (AvgIpc) is 2.54. The SMILES string of the molecule is CC1(Cc2ccccc2N)CCc2cc(C(C)(C)C)cc(C(C)(C)C)c2O1. The van der Waals surface area contributed by atoms with Crippen LogP contribution in [0.3, 0.4) is 0 Å². The third kappa shape index (κ3) is 4.15. The molecule has 0 aliphatic carbocycles. The number of rotatable bonds is 2. The van der Waals surface area contributed by atoms with Crippen molar-refractivity contribution in [1.82, 2.24) is 0 Å². The van der Waals surface area contributed by atoms with E-state index in [0.29, 0.717) is 0 Å². The standard InChI is InChI=1S/C25H35NO/c1-23(2,3)19-14-17-12-13-25(7,16-18-10-8-9-11-21(18)26)27-22(17)20(15-19)24(4,5)6/h8-11,14-15H,12-13,16,26H2,1-7H3. The van der Waals surface area contributed by atoms with Gasteiger partial charge in [0.05, 0.1) is 0 Å². The largest absolute Gasteiger partial charge is 0.487 e. The van der Waals surface area contributed by atoms with Crippen molar-refractivity contribution >= 4 is 5.69 Å². The topological polar surface area (TPSA) is 35.2 Å². The normalized spacial score (nSPS) is 20.1. The van der Waals surface area contributed by atoms with Crippen LogP contribution < -0.4 is 10.5 Å². The third-order valence-corrected chi connectivity index (χ3v) is 5.73. The van der Waals surface area contributed by atoms with Crippen molar-refractivity contribution in [3.63, 3.8) is 0 Å². The van der Waals surface area contributed by atoms with Crippen LogP contribution in [-0.4, -0.2) is 5.60 Å². The van der Waals surface area contributed by atoms with Crippen LogP contribution in [0.1, 0.15) is 77.1 Å². The molecule has 2 N–H and O–H groups in total. The first-order valence-electron chi connectivity index (χ1n) is 10.1. The molecule has 27 heavy (non-hydrogen) atoms. The van der Waals surface area contributed by atoms with E-state index in [1.165, 1.54) is 22.3 Å². The average molecular weight is 366 g/mol. The van der Waals surface area contributed by atoms with Gasteiger partial charge < -0.3 is 10.5 Å². The highest BCUT2D eigenvalue weighted by molar-refractivity contribution is 5.52. The van der Waals surface area contributed by atoms with Crippen LogP contribution in [0.5, 0.6) is 5.75 Å². The van der Waals surface area contributed by atoms with Crippen molar-refractivity contribution in [3.8, 4) is 5.75 Å². The Labute approximate surface area is 165 Å². The van der Waals surface area contributed by atoms with Crippen molar-refractivity contribution < 1.29 is 4.74 Å². The van der Waals surface area contributed by atoms with Crippen LogP contribution in [-0.2, 0) is 23.7 Å². The van der Waals surface area contributed by atoms with Crippen LogP contribution in [0.25, 0.3) is 0 Å². The smallest absolute Gasteiger partial charge is 0.127 e. The van der Waals surface area contributed by atoms with Crippen LogP contribution >= 0.6 is 0 Å². The third-order valence-electron chi connectivity index (χ3n) is 5.73. The summed E-state index contributed by atoms with van der Waals surface area (Å²) in [6.45, 7) is 15.9. The summed E-state index contributed by atoms with van der Waals surface area (Å²) in [7, 11) is 0. The Balaban J connectivity index is 2.03. The van der Waals surface area contributed by atoms with E-state index in [4.69, 9.17) is 10.5 Å². The second kappa shape index (κ2) is 6.58. The predicted molar refractivity (Wildman–Crippen MR) is 116 cm³/mol. The number of fused-ring (bicyclic) bond motifs is 1. The van der Waals surface area contributed by atoms with Gasteiger partial charge in [-0.15, -0.1) is 0 Å². The number of aryl methyl sites for hydroxylation is 1. The molecule has 1 atom stereocenters. The number of nitrogen functional groups attached to an aromatic ring is 1. The van der Waals surface area contributed by atoms with E-state index in [0.717, 1.165) is 30.7 Å². The molecular formula is C25H35NO. The summed E-state index contributed by atoms with van der Waals surface area (Å²) in [5.74, 6) is 1.10. The molecule has 0 aromatic heterocycles. The van der Waals surface area contributed by atoms with Gasteiger partial charge in [-0.05, 0) is 53.4 Å². The minimum absolute atomic E-state index is 0.0371. The highest BCUT2D eigenvalue weighted by atomic mass is 16.5. The Morgan fingerprint density at radius 1 is 1.00 bits per heavy atom. The van der Waals surface area contributed by atoms with Gasteiger partial charge >= 0.3 is 0 Å². The van der Waals surface area contributed by atoms with Gasteiger partial charge in [-0.1, -0.05) is 71.9 Å². The summed E-state index contributed by atoms with van der Waals surface area (Å²) in [4.78, 5) is 0. The van der Waals surface area contributed by atoms with Crippen molar-refractivity contribution in [2.24, 2.45) is 0 Å². The zero-order valence-electron chi connectivity index (χ0n) is 18.1. The Kier molecular flexibility index (Phi) is 4.82. The first-order chi connectivity index (χ1) is 12.4. The Hall–Kier alpha value is -1.96. The first kappa shape index (κ1) is 19.8. The van der Waals surface area contributed by atoms with Gasteiger partial charge in [-0.25, -0.2) is 0 Å². The van der Waals surface area contributed by atoms with Crippen molar-refractivity contribution in [3.05, 3.63) is 58.7 Å². The molecule has 1 aliphatic rings. The molecule has 0 fully saturated rings. The molecule has 2 aromatic rings. The van der Waals surface area contributed by atoms with Crippen molar-refractivity contribution in [1.29, 1.82) is 0 Å². The quantitative estimate of drug-likeness (QED) is 0.644. The molecule has 0 amide bonds. The molecule has 0 saturated carbocycles. The molecule has 0 spiro atoms. The zero-order chi connectivity index (χ0) is 20.0. The maximum Gasteiger partial charge on any atom is 0.127 e. The van der Waals surface area contributed by atoms with Gasteiger partial charge in [-0.3, -0.25) is 0 Å². The fourth-order valence-corrected chi connectivity index (χ4v) is 3.90. The fraction of sp³-hybridized carbons (Fsp3) is 0.520. The molecule has 3 rings (SSSR count). The second-order valence-electron chi connectivity index (χ2n) is 10.4. The van der Waals surface area contributed by atoms with Gasteiger partial charge in [-0.2, -0.15) is 0 Å². The summed E-state index contributed by atoms with van der Waals surface area (Å²) in [5, 5.41) is 0. The molecule has 0 saturated heterocycles. The molecular weight excluding hydrogens is 330 g/mol. The first-order valence-corrected chi connectivity index (χ1v) is 10.1. The lowest BCUT2D eigenvalue weighted by Gasteiger charge is -2.40. The van der Waals surface area contributed by atoms with Crippen molar-refractivity contribution in [2.45, 2.75) is 84.2 Å². The van der Waals surface area contributed by atoms with E-state index < -0.39 is 0 Å². The Bertz CT molecular complexity index is 838. The summed E-state index contributed by atoms with van der Waals surface area (Å²) in [5.41, 5.74) is 12.2. The van der Waals surface area contributed by atoms with Gasteiger partial charge in [0.25, 0.3) is 0 Å². The van der Waals surface area contributed by atoms with Gasteiger partial charge in [0.1, 0.15) is 11.4 Å². The van der Waals surface area contributed by atoms with Crippen LogP contribution in [0.15, 0.2) is 36.4 Å². The van der Waals surface area contributed by atoms with Crippen LogP contribution in [0, 0.1) is 0 Å². The number of anilines is 1. The number of hydrogen-bond acceptors (Lipinski definition) is 2. The van der Waals surface area contributed by atoms with E-state index in [2.05, 4.69) is 72.7 Å². The van der Waals surface area contributed by atoms with Crippen molar-refractivity contribution in [2.75, 3.05) is 5.73 Å². The summed E-state index contributed by atoms with van der Waals surface area (Å²) in [6, 6.07) is 12.9. The lowest BCUT2D eigenvalue weighted by atomic mass is 9.76. The molecule has 2 aromatic carbocycles. The molecule has 1 heterocycles. The minimum Gasteiger partial charge on any atom is -0.487 e. The number of para-hydroxylation sites is 1. The monoisotopic (exact) mass is 365 g/mol. The van der Waals surface area contributed by atoms with E-state index in [-0.39, 0.29) is 16.4 Å². The zero-order valence-corrected chi connectivity index (χ0v) is 18.1. The number of nitrogens with two attached hydrogens (primary N) is 1. The van der Waals surface area contributed by atoms with E-state index in [1.54, 1.807) is 0 Å². The highest BCUT2D eigenvalue weighted by Crippen LogP contribution is 2.44. The van der Waals surface area contributed by atoms with E-state index in [1.807, 2.05) is 12.1 Å². The maximum atomic E-state index is 6.75. The lowest BCUT2D eigenvalue weighted by molar-refractivity contribution is 0.0630. The number of ether oxygens (including phenoxy) is 1. The minimum atomic E-state index is -0.230. The number of benzene rings is 2. The maximum absolute atomic E-state index is 6.75. The van der Waals surface area contributed by atoms with Crippen LogP contribution in [0.2, 0.25) is 0 Å². The molecule has 2 heteroatoms. The van der Waals surface area contributed by atoms with E-state index in [9.17, 15) is 0 Å². The van der Waals surface area contributed by atoms with E-state index >= 15 is 0 Å². The Morgan fingerprint density at radius 3 is 2.26 bits per heavy atom. The van der Waals surface area contributed by atoms with Gasteiger partial charge in [0.2, 0.25) is 0 Å². The molecule has 146 valence electrons. The molecule has 1 unspecified atom stereocenters. The van der Waals surface area contributed by atoms with Crippen LogP contribution in [0.4, 0.5) is 5.69 Å². The highest BCUT2D eigenvalue weighted by Gasteiger charge is 2.36. The Morgan fingerprint density at radius 2 is 1.67 bits per heavy atom. The summed E-state index contributed by atoms with van der Waals surface area (Å²) < 4.78 is 6.75. The summed E-state index contributed by atoms with van der Waals surface area (Å²) >= 11 is 0. The summed E-state index contributed by atoms with van der Waals surface area (Å²) in [6.07, 6.45) is 2.89. The van der Waals surface area contributed by atoms with Gasteiger partial charge in [0, 0.05) is 17.7 Å². The second-order valence-corrected chi connectivity index (χ2v) is 10.4.